The van der Waals surface area contributed by atoms with Crippen LogP contribution in [0.25, 0.3) is 0 Å². The molecule has 0 heterocycles. The predicted octanol–water partition coefficient (Wildman–Crippen LogP) is 9.05. The van der Waals surface area contributed by atoms with Crippen LogP contribution in [-0.4, -0.2) is 0 Å². The molecule has 170 valence electrons. The van der Waals surface area contributed by atoms with Crippen molar-refractivity contribution >= 4 is 0 Å². The van der Waals surface area contributed by atoms with Gasteiger partial charge in [0.15, 0.2) is 0 Å². The predicted molar refractivity (Wildman–Crippen MR) is 129 cm³/mol. The van der Waals surface area contributed by atoms with Crippen LogP contribution in [0, 0.1) is 56.7 Å². The number of allylic oxidation sites excluding steroid dienone is 2. The molecule has 0 nitrogen and oxygen atoms in total. The number of rotatable bonds is 1. The van der Waals surface area contributed by atoms with E-state index >= 15 is 0 Å². The fourth-order valence-corrected chi connectivity index (χ4v) is 11.3. The zero-order chi connectivity index (χ0) is 21.7. The van der Waals surface area contributed by atoms with E-state index in [9.17, 15) is 0 Å². The van der Waals surface area contributed by atoms with Crippen molar-refractivity contribution in [2.24, 2.45) is 56.7 Å². The highest BCUT2D eigenvalue weighted by Gasteiger charge is 2.67. The fourth-order valence-electron chi connectivity index (χ4n) is 11.3. The molecule has 0 amide bonds. The van der Waals surface area contributed by atoms with Gasteiger partial charge in [-0.2, -0.15) is 0 Å². The maximum absolute atomic E-state index is 2.85. The Hall–Kier alpha value is -0.260. The lowest BCUT2D eigenvalue weighted by Crippen LogP contribution is -2.62. The molecule has 0 unspecified atom stereocenters. The van der Waals surface area contributed by atoms with Gasteiger partial charge in [0.25, 0.3) is 0 Å². The van der Waals surface area contributed by atoms with Crippen LogP contribution in [0.3, 0.4) is 0 Å². The molecule has 0 aliphatic heterocycles. The van der Waals surface area contributed by atoms with Crippen molar-refractivity contribution in [3.05, 3.63) is 11.6 Å². The lowest BCUT2D eigenvalue weighted by Gasteiger charge is -2.70. The standard InChI is InChI=1S/C30H50/c1-20(2)21-10-11-22-23-12-13-25-28(6)16-9-15-26(3,4)24(28)14-17-30(25,8)29(23,7)19-18-27(21,22)5/h12,20-22,24-25H,9-11,13-19H2,1-8H3/t21-,22-,24+,25-,27+,28+,29-,30-/m1/s1. The Balaban J connectivity index is 1.56. The Morgan fingerprint density at radius 2 is 1.50 bits per heavy atom. The summed E-state index contributed by atoms with van der Waals surface area (Å²) in [6.07, 6.45) is 17.4. The molecule has 5 aliphatic carbocycles. The molecule has 0 heteroatoms. The molecule has 0 aromatic carbocycles. The lowest BCUT2D eigenvalue weighted by atomic mass is 9.34. The third kappa shape index (κ3) is 2.46. The molecule has 4 fully saturated rings. The minimum Gasteiger partial charge on any atom is -0.0841 e. The van der Waals surface area contributed by atoms with Crippen LogP contribution in [0.15, 0.2) is 11.6 Å². The topological polar surface area (TPSA) is 0 Å². The van der Waals surface area contributed by atoms with Gasteiger partial charge in [0, 0.05) is 0 Å². The van der Waals surface area contributed by atoms with Crippen LogP contribution in [-0.2, 0) is 0 Å². The zero-order valence-corrected chi connectivity index (χ0v) is 21.5. The molecule has 0 aromatic heterocycles. The highest BCUT2D eigenvalue weighted by atomic mass is 14.7. The van der Waals surface area contributed by atoms with Crippen LogP contribution < -0.4 is 0 Å². The number of hydrogen-bond acceptors (Lipinski definition) is 0. The molecule has 8 atom stereocenters. The van der Waals surface area contributed by atoms with Crippen molar-refractivity contribution < 1.29 is 0 Å². The van der Waals surface area contributed by atoms with E-state index in [1.54, 1.807) is 0 Å². The van der Waals surface area contributed by atoms with Gasteiger partial charge in [0.05, 0.1) is 0 Å². The third-order valence-electron chi connectivity index (χ3n) is 13.0. The average molecular weight is 411 g/mol. The molecule has 0 bridgehead atoms. The summed E-state index contributed by atoms with van der Waals surface area (Å²) in [5.41, 5.74) is 4.55. The minimum atomic E-state index is 0.446. The highest BCUT2D eigenvalue weighted by molar-refractivity contribution is 5.33. The van der Waals surface area contributed by atoms with Gasteiger partial charge in [-0.05, 0) is 114 Å². The van der Waals surface area contributed by atoms with Gasteiger partial charge in [-0.1, -0.05) is 73.5 Å². The summed E-state index contributed by atoms with van der Waals surface area (Å²) in [4.78, 5) is 0. The van der Waals surface area contributed by atoms with Gasteiger partial charge in [-0.15, -0.1) is 0 Å². The second-order valence-corrected chi connectivity index (χ2v) is 14.6. The second kappa shape index (κ2) is 6.41. The van der Waals surface area contributed by atoms with E-state index in [-0.39, 0.29) is 0 Å². The Kier molecular flexibility index (Phi) is 4.61. The van der Waals surface area contributed by atoms with Gasteiger partial charge >= 0.3 is 0 Å². The molecule has 0 spiro atoms. The molecular formula is C30H50. The fraction of sp³-hybridized carbons (Fsp3) is 0.933. The summed E-state index contributed by atoms with van der Waals surface area (Å²) >= 11 is 0. The molecule has 5 aliphatic rings. The van der Waals surface area contributed by atoms with Gasteiger partial charge in [-0.25, -0.2) is 0 Å². The minimum absolute atomic E-state index is 0.446. The average Bonchev–Trinajstić information content (AvgIpc) is 2.99. The monoisotopic (exact) mass is 410 g/mol. The van der Waals surface area contributed by atoms with Crippen molar-refractivity contribution in [2.75, 3.05) is 0 Å². The zero-order valence-electron chi connectivity index (χ0n) is 21.5. The first-order valence-electron chi connectivity index (χ1n) is 13.6. The summed E-state index contributed by atoms with van der Waals surface area (Å²) in [6.45, 7) is 21.1. The van der Waals surface area contributed by atoms with E-state index in [0.717, 1.165) is 29.6 Å². The maximum atomic E-state index is 2.85. The molecule has 5 rings (SSSR count). The van der Waals surface area contributed by atoms with Crippen molar-refractivity contribution in [1.29, 1.82) is 0 Å². The van der Waals surface area contributed by atoms with Crippen molar-refractivity contribution in [3.8, 4) is 0 Å². The normalized spacial score (nSPS) is 54.6. The Morgan fingerprint density at radius 3 is 2.20 bits per heavy atom. The summed E-state index contributed by atoms with van der Waals surface area (Å²) in [5.74, 6) is 4.47. The third-order valence-corrected chi connectivity index (χ3v) is 13.0. The number of fused-ring (bicyclic) bond motifs is 7. The van der Waals surface area contributed by atoms with Gasteiger partial charge in [0.1, 0.15) is 0 Å². The first kappa shape index (κ1) is 21.6. The molecule has 30 heavy (non-hydrogen) atoms. The van der Waals surface area contributed by atoms with E-state index in [0.29, 0.717) is 27.1 Å². The van der Waals surface area contributed by atoms with Crippen LogP contribution >= 0.6 is 0 Å². The smallest absolute Gasteiger partial charge is 0.00565 e. The van der Waals surface area contributed by atoms with Crippen molar-refractivity contribution in [2.45, 2.75) is 120 Å². The van der Waals surface area contributed by atoms with Gasteiger partial charge < -0.3 is 0 Å². The lowest BCUT2D eigenvalue weighted by molar-refractivity contribution is -0.176. The van der Waals surface area contributed by atoms with E-state index in [2.05, 4.69) is 61.5 Å². The molecule has 0 radical (unpaired) electrons. The van der Waals surface area contributed by atoms with Gasteiger partial charge in [0.2, 0.25) is 0 Å². The summed E-state index contributed by atoms with van der Waals surface area (Å²) < 4.78 is 0. The van der Waals surface area contributed by atoms with E-state index in [4.69, 9.17) is 0 Å². The molecule has 0 N–H and O–H groups in total. The van der Waals surface area contributed by atoms with Crippen LogP contribution in [0.2, 0.25) is 0 Å². The summed E-state index contributed by atoms with van der Waals surface area (Å²) in [6, 6.07) is 0. The Morgan fingerprint density at radius 1 is 0.767 bits per heavy atom. The van der Waals surface area contributed by atoms with E-state index in [1.165, 1.54) is 64.2 Å². The molecular weight excluding hydrogens is 360 g/mol. The Labute approximate surface area is 188 Å². The van der Waals surface area contributed by atoms with Crippen LogP contribution in [0.1, 0.15) is 120 Å². The van der Waals surface area contributed by atoms with Crippen LogP contribution in [0.4, 0.5) is 0 Å². The first-order valence-corrected chi connectivity index (χ1v) is 13.6. The van der Waals surface area contributed by atoms with Crippen LogP contribution in [0.5, 0.6) is 0 Å². The maximum Gasteiger partial charge on any atom is -0.00565 e. The van der Waals surface area contributed by atoms with E-state index in [1.807, 2.05) is 5.57 Å². The first-order chi connectivity index (χ1) is 13.9. The Bertz CT molecular complexity index is 741. The largest absolute Gasteiger partial charge is 0.0841 e. The SMILES string of the molecule is CC(C)[C@H]1CC[C@@H]2C3=CC[C@@H]4[C@@]5(C)CCCC(C)(C)[C@@H]5CC[C@@]4(C)[C@]3(C)CC[C@]21C. The summed E-state index contributed by atoms with van der Waals surface area (Å²) in [5, 5.41) is 0. The second-order valence-electron chi connectivity index (χ2n) is 14.6. The van der Waals surface area contributed by atoms with Crippen molar-refractivity contribution in [1.82, 2.24) is 0 Å². The quantitative estimate of drug-likeness (QED) is 0.378. The number of hydrogen-bond donors (Lipinski definition) is 0. The molecule has 0 saturated heterocycles. The highest BCUT2D eigenvalue weighted by Crippen LogP contribution is 2.76. The summed E-state index contributed by atoms with van der Waals surface area (Å²) in [7, 11) is 0. The molecule has 4 saturated carbocycles. The molecule has 0 aromatic rings. The van der Waals surface area contributed by atoms with E-state index < -0.39 is 0 Å². The van der Waals surface area contributed by atoms with Crippen molar-refractivity contribution in [3.63, 3.8) is 0 Å². The van der Waals surface area contributed by atoms with Gasteiger partial charge in [-0.3, -0.25) is 0 Å².